The molecule has 154 valence electrons. The molecule has 0 saturated heterocycles. The number of ether oxygens (including phenoxy) is 2. The third-order valence-electron chi connectivity index (χ3n) is 3.23. The molecule has 0 heterocycles. The van der Waals surface area contributed by atoms with Gasteiger partial charge in [-0.1, -0.05) is 0 Å². The summed E-state index contributed by atoms with van der Waals surface area (Å²) in [5.41, 5.74) is 2.66. The van der Waals surface area contributed by atoms with Gasteiger partial charge in [0.2, 0.25) is 0 Å². The van der Waals surface area contributed by atoms with Crippen LogP contribution in [0.25, 0.3) is 0 Å². The highest BCUT2D eigenvalue weighted by molar-refractivity contribution is 5.49. The summed E-state index contributed by atoms with van der Waals surface area (Å²) in [4.78, 5) is 9.38. The van der Waals surface area contributed by atoms with E-state index in [9.17, 15) is 36.5 Å². The molecule has 0 amide bonds. The number of nitro groups is 1. The van der Waals surface area contributed by atoms with Crippen LogP contribution in [0.3, 0.4) is 0 Å². The van der Waals surface area contributed by atoms with Crippen LogP contribution < -0.4 is 15.2 Å². The summed E-state index contributed by atoms with van der Waals surface area (Å²) in [6.45, 7) is 0. The quantitative estimate of drug-likeness (QED) is 0.335. The zero-order chi connectivity index (χ0) is 21.7. The van der Waals surface area contributed by atoms with E-state index in [1.165, 1.54) is 19.2 Å². The number of rotatable bonds is 3. The van der Waals surface area contributed by atoms with Gasteiger partial charge in [0.15, 0.2) is 0 Å². The molecule has 2 N–H and O–H groups in total. The Morgan fingerprint density at radius 3 is 1.68 bits per heavy atom. The highest BCUT2D eigenvalue weighted by atomic mass is 19.4. The number of anilines is 1. The second kappa shape index (κ2) is 8.67. The van der Waals surface area contributed by atoms with Crippen LogP contribution in [-0.4, -0.2) is 19.1 Å². The van der Waals surface area contributed by atoms with Crippen molar-refractivity contribution < 1.29 is 40.7 Å². The molecule has 0 fully saturated rings. The smallest absolute Gasteiger partial charge is 0.420 e. The summed E-state index contributed by atoms with van der Waals surface area (Å²) in [5.74, 6) is -0.658. The van der Waals surface area contributed by atoms with Gasteiger partial charge in [-0.3, -0.25) is 10.1 Å². The lowest BCUT2D eigenvalue weighted by Crippen LogP contribution is -2.08. The van der Waals surface area contributed by atoms with E-state index in [-0.39, 0.29) is 11.4 Å². The third-order valence-corrected chi connectivity index (χ3v) is 3.23. The number of nitrogens with two attached hydrogens (primary N) is 1. The average Bonchev–Trinajstić information content (AvgIpc) is 2.60. The number of alkyl halides is 6. The van der Waals surface area contributed by atoms with Crippen LogP contribution >= 0.6 is 0 Å². The summed E-state index contributed by atoms with van der Waals surface area (Å²) < 4.78 is 83.0. The van der Waals surface area contributed by atoms with Crippen molar-refractivity contribution in [3.05, 3.63) is 57.6 Å². The van der Waals surface area contributed by atoms with Gasteiger partial charge in [-0.2, -0.15) is 26.3 Å². The van der Waals surface area contributed by atoms with Gasteiger partial charge >= 0.3 is 12.4 Å². The normalized spacial score (nSPS) is 11.3. The maximum atomic E-state index is 12.4. The first-order chi connectivity index (χ1) is 12.8. The first kappa shape index (κ1) is 22.9. The van der Waals surface area contributed by atoms with Crippen molar-refractivity contribution in [1.82, 2.24) is 0 Å². The Kier molecular flexibility index (Phi) is 7.08. The highest BCUT2D eigenvalue weighted by Gasteiger charge is 2.36. The molecule has 2 aromatic rings. The summed E-state index contributed by atoms with van der Waals surface area (Å²) in [7, 11) is 2.25. The molecule has 0 atom stereocenters. The standard InChI is InChI=1S/C8H6F3NO3.C8H8F3NO/c1-15-7-3-2-5(12(13)14)4-6(7)8(9,10)11;1-13-7-3-2-5(12)4-6(7)8(9,10)11/h2-4H,1H3;2-4H,12H2,1H3. The van der Waals surface area contributed by atoms with E-state index in [1.807, 2.05) is 0 Å². The van der Waals surface area contributed by atoms with E-state index in [0.29, 0.717) is 6.07 Å². The molecule has 0 aromatic heterocycles. The Bertz CT molecular complexity index is 837. The molecule has 0 radical (unpaired) electrons. The van der Waals surface area contributed by atoms with Crippen molar-refractivity contribution in [2.24, 2.45) is 0 Å². The first-order valence-corrected chi connectivity index (χ1v) is 7.21. The van der Waals surface area contributed by atoms with Crippen molar-refractivity contribution in [1.29, 1.82) is 0 Å². The zero-order valence-corrected chi connectivity index (χ0v) is 14.4. The molecule has 0 aliphatic heterocycles. The molecule has 0 spiro atoms. The second-order valence-electron chi connectivity index (χ2n) is 5.10. The third kappa shape index (κ3) is 5.93. The predicted octanol–water partition coefficient (Wildman–Crippen LogP) is 4.92. The SMILES string of the molecule is COc1ccc(N)cc1C(F)(F)F.COc1ccc([N+](=O)[O-])cc1C(F)(F)F. The van der Waals surface area contributed by atoms with Crippen molar-refractivity contribution in [2.45, 2.75) is 12.4 Å². The molecule has 12 heteroatoms. The van der Waals surface area contributed by atoms with Crippen LogP contribution in [0.1, 0.15) is 11.1 Å². The number of nitro benzene ring substituents is 1. The van der Waals surface area contributed by atoms with Gasteiger partial charge in [-0.05, 0) is 24.3 Å². The molecule has 0 unspecified atom stereocenters. The van der Waals surface area contributed by atoms with Gasteiger partial charge in [0, 0.05) is 17.8 Å². The van der Waals surface area contributed by atoms with Gasteiger partial charge in [-0.25, -0.2) is 0 Å². The van der Waals surface area contributed by atoms with Crippen molar-refractivity contribution in [3.63, 3.8) is 0 Å². The fourth-order valence-electron chi connectivity index (χ4n) is 1.98. The minimum Gasteiger partial charge on any atom is -0.496 e. The maximum absolute atomic E-state index is 12.4. The number of methoxy groups -OCH3 is 2. The number of nitrogen functional groups attached to an aromatic ring is 1. The summed E-state index contributed by atoms with van der Waals surface area (Å²) in [6, 6.07) is 5.71. The number of nitrogens with zero attached hydrogens (tertiary/aromatic N) is 1. The maximum Gasteiger partial charge on any atom is 0.420 e. The average molecular weight is 412 g/mol. The van der Waals surface area contributed by atoms with Crippen LogP contribution in [-0.2, 0) is 12.4 Å². The lowest BCUT2D eigenvalue weighted by atomic mass is 10.1. The largest absolute Gasteiger partial charge is 0.496 e. The number of hydrogen-bond donors (Lipinski definition) is 1. The number of benzene rings is 2. The Morgan fingerprint density at radius 1 is 0.857 bits per heavy atom. The molecule has 28 heavy (non-hydrogen) atoms. The van der Waals surface area contributed by atoms with E-state index in [4.69, 9.17) is 5.73 Å². The van der Waals surface area contributed by atoms with Crippen LogP contribution in [0.5, 0.6) is 11.5 Å². The van der Waals surface area contributed by atoms with E-state index < -0.39 is 39.8 Å². The molecule has 0 aliphatic carbocycles. The van der Waals surface area contributed by atoms with Crippen LogP contribution in [0.2, 0.25) is 0 Å². The predicted molar refractivity (Wildman–Crippen MR) is 87.1 cm³/mol. The lowest BCUT2D eigenvalue weighted by molar-refractivity contribution is -0.385. The molecular weight excluding hydrogens is 398 g/mol. The number of halogens is 6. The Morgan fingerprint density at radius 2 is 1.29 bits per heavy atom. The molecule has 2 rings (SSSR count). The van der Waals surface area contributed by atoms with Gasteiger partial charge in [0.25, 0.3) is 5.69 Å². The number of non-ortho nitro benzene ring substituents is 1. The van der Waals surface area contributed by atoms with Gasteiger partial charge in [0.05, 0.1) is 24.7 Å². The topological polar surface area (TPSA) is 87.6 Å². The van der Waals surface area contributed by atoms with E-state index >= 15 is 0 Å². The summed E-state index contributed by atoms with van der Waals surface area (Å²) in [6.07, 6.45) is -9.10. The van der Waals surface area contributed by atoms with E-state index in [1.54, 1.807) is 0 Å². The van der Waals surface area contributed by atoms with Crippen molar-refractivity contribution in [3.8, 4) is 11.5 Å². The molecule has 0 aliphatic rings. The fourth-order valence-corrected chi connectivity index (χ4v) is 1.98. The lowest BCUT2D eigenvalue weighted by Gasteiger charge is -2.11. The highest BCUT2D eigenvalue weighted by Crippen LogP contribution is 2.38. The van der Waals surface area contributed by atoms with Gasteiger partial charge in [0.1, 0.15) is 17.1 Å². The minimum atomic E-state index is -4.67. The Balaban J connectivity index is 0.000000283. The van der Waals surface area contributed by atoms with Crippen molar-refractivity contribution >= 4 is 11.4 Å². The first-order valence-electron chi connectivity index (χ1n) is 7.21. The van der Waals surface area contributed by atoms with E-state index in [2.05, 4.69) is 9.47 Å². The Labute approximate surface area is 154 Å². The van der Waals surface area contributed by atoms with Gasteiger partial charge in [-0.15, -0.1) is 0 Å². The fraction of sp³-hybridized carbons (Fsp3) is 0.250. The van der Waals surface area contributed by atoms with Gasteiger partial charge < -0.3 is 15.2 Å². The molecule has 0 saturated carbocycles. The minimum absolute atomic E-state index is 0.0631. The Hall–Kier alpha value is -3.18. The summed E-state index contributed by atoms with van der Waals surface area (Å²) in [5, 5.41) is 10.3. The van der Waals surface area contributed by atoms with Crippen LogP contribution in [0.4, 0.5) is 37.7 Å². The molecule has 0 bridgehead atoms. The van der Waals surface area contributed by atoms with Crippen LogP contribution in [0, 0.1) is 10.1 Å². The van der Waals surface area contributed by atoms with E-state index in [0.717, 1.165) is 25.3 Å². The van der Waals surface area contributed by atoms with Crippen molar-refractivity contribution in [2.75, 3.05) is 20.0 Å². The molecule has 6 nitrogen and oxygen atoms in total. The second-order valence-corrected chi connectivity index (χ2v) is 5.10. The number of hydrogen-bond acceptors (Lipinski definition) is 5. The summed E-state index contributed by atoms with van der Waals surface area (Å²) >= 11 is 0. The molecule has 2 aromatic carbocycles. The van der Waals surface area contributed by atoms with Crippen LogP contribution in [0.15, 0.2) is 36.4 Å². The zero-order valence-electron chi connectivity index (χ0n) is 14.4. The monoisotopic (exact) mass is 412 g/mol. The molecular formula is C16H14F6N2O4.